The second-order valence-electron chi connectivity index (χ2n) is 11.3. The van der Waals surface area contributed by atoms with Gasteiger partial charge in [-0.1, -0.05) is 42.5 Å². The number of piperidine rings is 1. The summed E-state index contributed by atoms with van der Waals surface area (Å²) in [7, 11) is 1.83. The number of anilines is 3. The molecule has 2 aliphatic heterocycles. The summed E-state index contributed by atoms with van der Waals surface area (Å²) < 4.78 is 1.95. The molecule has 2 bridgehead atoms. The number of thiocarbonyl (C=S) groups is 1. The van der Waals surface area contributed by atoms with E-state index in [9.17, 15) is 9.59 Å². The van der Waals surface area contributed by atoms with Crippen molar-refractivity contribution in [3.63, 3.8) is 0 Å². The van der Waals surface area contributed by atoms with Crippen molar-refractivity contribution in [2.75, 3.05) is 41.9 Å². The zero-order valence-corrected chi connectivity index (χ0v) is 26.0. The zero-order valence-electron chi connectivity index (χ0n) is 24.3. The SMILES string of the molecule is CSc1cccc(NC(=S)Nc2cc(C(=O)N(C)Cc3ccccc3)ccc2N2CC3CC(C2)c2cccc(=O)n2C3)c1. The van der Waals surface area contributed by atoms with Crippen LogP contribution in [0.15, 0.2) is 101 Å². The minimum atomic E-state index is -0.0613. The fraction of sp³-hybridized carbons (Fsp3) is 0.265. The standard InChI is InChI=1S/C34H35N5O2S2/c1-37(19-23-8-4-3-5-9-23)33(41)25-14-15-31(29(17-25)36-34(42)35-27-10-6-11-28(18-27)43-2)38-20-24-16-26(22-38)30-12-7-13-32(40)39(30)21-24/h3-15,17-18,24,26H,16,19-22H2,1-2H3,(H2,35,36,42). The largest absolute Gasteiger partial charge is 0.369 e. The van der Waals surface area contributed by atoms with Crippen LogP contribution in [0.3, 0.4) is 0 Å². The van der Waals surface area contributed by atoms with E-state index < -0.39 is 0 Å². The molecular formula is C34H35N5O2S2. The summed E-state index contributed by atoms with van der Waals surface area (Å²) in [6.07, 6.45) is 3.11. The van der Waals surface area contributed by atoms with Crippen LogP contribution in [0, 0.1) is 5.92 Å². The van der Waals surface area contributed by atoms with Gasteiger partial charge in [0.25, 0.3) is 11.5 Å². The van der Waals surface area contributed by atoms with Crippen LogP contribution >= 0.6 is 24.0 Å². The Hall–Kier alpha value is -4.08. The third-order valence-electron chi connectivity index (χ3n) is 8.25. The zero-order chi connectivity index (χ0) is 29.9. The van der Waals surface area contributed by atoms with Crippen molar-refractivity contribution >= 4 is 52.1 Å². The Kier molecular flexibility index (Phi) is 8.54. The van der Waals surface area contributed by atoms with E-state index in [4.69, 9.17) is 12.2 Å². The fourth-order valence-electron chi connectivity index (χ4n) is 6.27. The van der Waals surface area contributed by atoms with Crippen molar-refractivity contribution in [1.29, 1.82) is 0 Å². The average molecular weight is 610 g/mol. The molecule has 43 heavy (non-hydrogen) atoms. The first-order valence-corrected chi connectivity index (χ1v) is 16.1. The number of hydrogen-bond donors (Lipinski definition) is 2. The van der Waals surface area contributed by atoms with Crippen molar-refractivity contribution in [3.05, 3.63) is 118 Å². The quantitative estimate of drug-likeness (QED) is 0.189. The molecule has 1 aromatic heterocycles. The number of rotatable bonds is 7. The highest BCUT2D eigenvalue weighted by Gasteiger charge is 2.35. The molecule has 4 aromatic rings. The molecule has 0 radical (unpaired) electrons. The van der Waals surface area contributed by atoms with Crippen LogP contribution in [0.25, 0.3) is 0 Å². The lowest BCUT2D eigenvalue weighted by Crippen LogP contribution is -2.47. The number of pyridine rings is 1. The minimum absolute atomic E-state index is 0.0613. The number of nitrogens with one attached hydrogen (secondary N) is 2. The first-order chi connectivity index (χ1) is 20.9. The van der Waals surface area contributed by atoms with Crippen molar-refractivity contribution < 1.29 is 4.79 Å². The van der Waals surface area contributed by atoms with E-state index in [0.717, 1.165) is 59.3 Å². The number of hydrogen-bond acceptors (Lipinski definition) is 5. The van der Waals surface area contributed by atoms with Crippen LogP contribution in [0.5, 0.6) is 0 Å². The van der Waals surface area contributed by atoms with Crippen LogP contribution in [-0.2, 0) is 13.1 Å². The molecule has 2 atom stereocenters. The van der Waals surface area contributed by atoms with Gasteiger partial charge in [0.05, 0.1) is 11.4 Å². The van der Waals surface area contributed by atoms with Gasteiger partial charge in [-0.05, 0) is 78.8 Å². The Morgan fingerprint density at radius 3 is 2.58 bits per heavy atom. The number of carbonyl (C=O) groups excluding carboxylic acids is 1. The Balaban J connectivity index is 1.29. The molecule has 2 unspecified atom stereocenters. The maximum atomic E-state index is 13.6. The van der Waals surface area contributed by atoms with Gasteiger partial charge in [0.2, 0.25) is 0 Å². The summed E-state index contributed by atoms with van der Waals surface area (Å²) in [5.74, 6) is 0.553. The maximum absolute atomic E-state index is 13.6. The van der Waals surface area contributed by atoms with Gasteiger partial charge in [-0.25, -0.2) is 0 Å². The molecule has 3 heterocycles. The van der Waals surface area contributed by atoms with Gasteiger partial charge < -0.3 is 25.0 Å². The number of thioether (sulfide) groups is 1. The fourth-order valence-corrected chi connectivity index (χ4v) is 6.96. The van der Waals surface area contributed by atoms with Gasteiger partial charge in [0.15, 0.2) is 5.11 Å². The van der Waals surface area contributed by atoms with Crippen LogP contribution < -0.4 is 21.1 Å². The lowest BCUT2D eigenvalue weighted by Gasteiger charge is -2.44. The van der Waals surface area contributed by atoms with Crippen molar-refractivity contribution in [3.8, 4) is 0 Å². The van der Waals surface area contributed by atoms with Gasteiger partial charge in [-0.15, -0.1) is 11.8 Å². The Bertz CT molecular complexity index is 1710. The van der Waals surface area contributed by atoms with Crippen LogP contribution in [0.4, 0.5) is 17.1 Å². The smallest absolute Gasteiger partial charge is 0.253 e. The minimum Gasteiger partial charge on any atom is -0.369 e. The van der Waals surface area contributed by atoms with Crippen molar-refractivity contribution in [1.82, 2.24) is 9.47 Å². The summed E-state index contributed by atoms with van der Waals surface area (Å²) in [4.78, 5) is 31.4. The summed E-state index contributed by atoms with van der Waals surface area (Å²) in [6, 6.07) is 29.5. The molecule has 9 heteroatoms. The molecule has 0 saturated carbocycles. The monoisotopic (exact) mass is 609 g/mol. The van der Waals surface area contributed by atoms with Crippen molar-refractivity contribution in [2.45, 2.75) is 30.3 Å². The maximum Gasteiger partial charge on any atom is 0.253 e. The number of amides is 1. The van der Waals surface area contributed by atoms with Gasteiger partial charge in [0, 0.05) is 67.1 Å². The third kappa shape index (κ3) is 6.48. The second-order valence-corrected chi connectivity index (χ2v) is 12.6. The van der Waals surface area contributed by atoms with E-state index in [1.807, 2.05) is 84.6 Å². The molecule has 0 spiro atoms. The molecule has 3 aromatic carbocycles. The number of fused-ring (bicyclic) bond motifs is 4. The third-order valence-corrected chi connectivity index (χ3v) is 9.18. The normalized spacial score (nSPS) is 17.1. The number of benzene rings is 3. The highest BCUT2D eigenvalue weighted by Crippen LogP contribution is 2.39. The molecule has 6 rings (SSSR count). The Morgan fingerprint density at radius 2 is 1.77 bits per heavy atom. The second kappa shape index (κ2) is 12.7. The molecule has 1 amide bonds. The molecule has 1 fully saturated rings. The highest BCUT2D eigenvalue weighted by molar-refractivity contribution is 7.98. The van der Waals surface area contributed by atoms with Crippen LogP contribution in [0.2, 0.25) is 0 Å². The predicted molar refractivity (Wildman–Crippen MR) is 181 cm³/mol. The molecule has 220 valence electrons. The summed E-state index contributed by atoms with van der Waals surface area (Å²) in [5, 5.41) is 7.19. The predicted octanol–water partition coefficient (Wildman–Crippen LogP) is 6.28. The number of nitrogens with zero attached hydrogens (tertiary/aromatic N) is 3. The molecule has 0 aliphatic carbocycles. The lowest BCUT2D eigenvalue weighted by atomic mass is 9.83. The van der Waals surface area contributed by atoms with Crippen molar-refractivity contribution in [2.24, 2.45) is 5.92 Å². The lowest BCUT2D eigenvalue weighted by molar-refractivity contribution is 0.0785. The average Bonchev–Trinajstić information content (AvgIpc) is 3.01. The van der Waals surface area contributed by atoms with Gasteiger partial charge in [0.1, 0.15) is 0 Å². The molecule has 2 N–H and O–H groups in total. The summed E-state index contributed by atoms with van der Waals surface area (Å²) in [6.45, 7) is 2.84. The van der Waals surface area contributed by atoms with E-state index >= 15 is 0 Å². The summed E-state index contributed by atoms with van der Waals surface area (Å²) >= 11 is 7.45. The van der Waals surface area contributed by atoms with E-state index in [2.05, 4.69) is 33.7 Å². The summed E-state index contributed by atoms with van der Waals surface area (Å²) in [5.41, 5.74) is 5.51. The van der Waals surface area contributed by atoms with E-state index in [1.54, 1.807) is 22.7 Å². The van der Waals surface area contributed by atoms with E-state index in [0.29, 0.717) is 23.1 Å². The Labute approximate surface area is 261 Å². The van der Waals surface area contributed by atoms with Gasteiger partial charge in [-0.3, -0.25) is 9.59 Å². The Morgan fingerprint density at radius 1 is 0.953 bits per heavy atom. The molecule has 7 nitrogen and oxygen atoms in total. The van der Waals surface area contributed by atoms with Gasteiger partial charge in [-0.2, -0.15) is 0 Å². The number of carbonyl (C=O) groups is 1. The molecule has 2 aliphatic rings. The molecule has 1 saturated heterocycles. The first-order valence-electron chi connectivity index (χ1n) is 14.5. The topological polar surface area (TPSA) is 69.6 Å². The van der Waals surface area contributed by atoms with Gasteiger partial charge >= 0.3 is 0 Å². The van der Waals surface area contributed by atoms with E-state index in [1.165, 1.54) is 0 Å². The highest BCUT2D eigenvalue weighted by atomic mass is 32.2. The number of aromatic nitrogens is 1. The van der Waals surface area contributed by atoms with E-state index in [-0.39, 0.29) is 17.4 Å². The first kappa shape index (κ1) is 29.0. The molecular weight excluding hydrogens is 575 g/mol. The van der Waals surface area contributed by atoms with Crippen LogP contribution in [0.1, 0.15) is 34.0 Å². The van der Waals surface area contributed by atoms with Crippen LogP contribution in [-0.4, -0.2) is 46.9 Å².